The topological polar surface area (TPSA) is 159 Å². The van der Waals surface area contributed by atoms with E-state index in [1.807, 2.05) is 0 Å². The predicted octanol–water partition coefficient (Wildman–Crippen LogP) is -4.72. The molecule has 0 heterocycles. The molecule has 0 aliphatic carbocycles. The quantitative estimate of drug-likeness (QED) is 0.154. The van der Waals surface area contributed by atoms with E-state index >= 15 is 0 Å². The zero-order valence-corrected chi connectivity index (χ0v) is 6.38. The molecule has 0 atom stereocenters. The molecule has 0 aliphatic rings. The Kier molecular flexibility index (Phi) is 9.19. The molecule has 0 saturated carbocycles. The fourth-order valence-corrected chi connectivity index (χ4v) is 0. The van der Waals surface area contributed by atoms with Crippen LogP contribution >= 0.6 is 7.82 Å². The molecule has 0 aromatic carbocycles. The van der Waals surface area contributed by atoms with E-state index in [1.165, 1.54) is 0 Å². The number of phosphoric acid groups is 1. The van der Waals surface area contributed by atoms with E-state index < -0.39 is 16.9 Å². The Morgan fingerprint density at radius 3 is 0.909 bits per heavy atom. The summed E-state index contributed by atoms with van der Waals surface area (Å²) in [7, 11) is -9.25. The minimum Gasteiger partial charge on any atom is -0.368 e. The monoisotopic (exact) mass is 208 g/mol. The van der Waals surface area contributed by atoms with Crippen molar-refractivity contribution in [3.05, 3.63) is 0 Å². The van der Waals surface area contributed by atoms with Gasteiger partial charge in [-0.15, -0.1) is 0 Å². The molecule has 0 rings (SSSR count). The Hall–Kier alpha value is 0.232. The van der Waals surface area contributed by atoms with Crippen LogP contribution in [-0.4, -0.2) is 51.3 Å². The van der Waals surface area contributed by atoms with E-state index in [1.54, 1.807) is 0 Å². The molecule has 11 heavy (non-hydrogen) atoms. The van der Waals surface area contributed by atoms with Crippen LogP contribution in [0.1, 0.15) is 0 Å². The molecule has 0 unspecified atom stereocenters. The number of rotatable bonds is 0. The summed E-state index contributed by atoms with van der Waals surface area (Å²) in [4.78, 5) is 50.9. The van der Waals surface area contributed by atoms with Crippen LogP contribution in [0.15, 0.2) is 0 Å². The van der Waals surface area contributed by atoms with Gasteiger partial charge in [0.1, 0.15) is 0 Å². The first-order valence-electron chi connectivity index (χ1n) is 1.68. The van der Waals surface area contributed by atoms with E-state index in [0.29, 0.717) is 0 Å². The molecule has 0 aromatic heterocycles. The normalized spacial score (nSPS) is 10.8. The summed E-state index contributed by atoms with van der Waals surface area (Å²) in [6.07, 6.45) is 0. The maximum Gasteiger partial charge on any atom is 0.668 e. The molecule has 0 saturated heterocycles. The van der Waals surface area contributed by atoms with Crippen molar-refractivity contribution in [3.8, 4) is 0 Å². The van der Waals surface area contributed by atoms with Gasteiger partial charge in [-0.1, -0.05) is 0 Å². The fourth-order valence-electron chi connectivity index (χ4n) is 0. The molecule has 0 amide bonds. The summed E-state index contributed by atoms with van der Waals surface area (Å²) in [5.74, 6) is 0. The van der Waals surface area contributed by atoms with Crippen LogP contribution < -0.4 is 0 Å². The lowest BCUT2D eigenvalue weighted by molar-refractivity contribution is 0.117. The van der Waals surface area contributed by atoms with E-state index in [2.05, 4.69) is 0 Å². The Morgan fingerprint density at radius 1 is 0.909 bits per heavy atom. The molecule has 0 radical (unpaired) electrons. The summed E-state index contributed by atoms with van der Waals surface area (Å²) >= 11 is 0. The van der Waals surface area contributed by atoms with E-state index in [9.17, 15) is 0 Å². The third kappa shape index (κ3) is 12900. The summed E-state index contributed by atoms with van der Waals surface area (Å²) < 4.78 is 8.88. The largest absolute Gasteiger partial charge is 0.668 e. The third-order valence-corrected chi connectivity index (χ3v) is 0. The van der Waals surface area contributed by atoms with Gasteiger partial charge < -0.3 is 33.9 Å². The van der Waals surface area contributed by atoms with Crippen molar-refractivity contribution in [2.45, 2.75) is 0 Å². The Morgan fingerprint density at radius 2 is 0.909 bits per heavy atom. The van der Waals surface area contributed by atoms with Gasteiger partial charge in [-0.25, -0.2) is 4.57 Å². The van der Waals surface area contributed by atoms with Crippen molar-refractivity contribution in [1.29, 1.82) is 0 Å². The molecule has 7 N–H and O–H groups in total. The minimum absolute atomic E-state index is 0. The van der Waals surface area contributed by atoms with Crippen LogP contribution in [0.4, 0.5) is 0 Å². The van der Waals surface area contributed by atoms with E-state index in [4.69, 9.17) is 38.4 Å². The maximum absolute atomic E-state index is 8.88. The SMILES string of the molecule is B.O=P(O)(O)O.O[Si](O)(O)O. The molecular formula is H10BO8PSi. The smallest absolute Gasteiger partial charge is 0.368 e. The van der Waals surface area contributed by atoms with Crippen molar-refractivity contribution >= 4 is 25.3 Å². The van der Waals surface area contributed by atoms with Crippen LogP contribution in [0.5, 0.6) is 0 Å². The van der Waals surface area contributed by atoms with E-state index in [-0.39, 0.29) is 8.41 Å². The molecular weight excluding hydrogens is 198 g/mol. The zero-order chi connectivity index (χ0) is 9.00. The summed E-state index contributed by atoms with van der Waals surface area (Å²) in [6, 6.07) is 0. The third-order valence-electron chi connectivity index (χ3n) is 0. The molecule has 70 valence electrons. The standard InChI is InChI=1S/BH3.H3O4P.H4O4Si/c;2*1-5(2,3)4/h1H3;(H3,1,2,3,4);1-4H. The van der Waals surface area contributed by atoms with Crippen molar-refractivity contribution in [2.24, 2.45) is 0 Å². The lowest BCUT2D eigenvalue weighted by Gasteiger charge is -1.91. The Balaban J connectivity index is -0.000000107. The second-order valence-corrected chi connectivity index (χ2v) is 3.34. The lowest BCUT2D eigenvalue weighted by Crippen LogP contribution is -2.33. The Bertz CT molecular complexity index is 106. The fraction of sp³-hybridized carbons (Fsp3) is 0. The van der Waals surface area contributed by atoms with Gasteiger partial charge in [0.05, 0.1) is 8.41 Å². The zero-order valence-electron chi connectivity index (χ0n) is 4.49. The van der Waals surface area contributed by atoms with Gasteiger partial charge in [0.25, 0.3) is 0 Å². The molecule has 0 aromatic rings. The van der Waals surface area contributed by atoms with Gasteiger partial charge >= 0.3 is 16.9 Å². The number of hydrogen-bond acceptors (Lipinski definition) is 5. The molecule has 0 spiro atoms. The van der Waals surface area contributed by atoms with Crippen LogP contribution in [0.2, 0.25) is 0 Å². The van der Waals surface area contributed by atoms with Crippen molar-refractivity contribution < 1.29 is 38.4 Å². The average Bonchev–Trinajstić information content (AvgIpc) is 1.12. The number of hydrogen-bond donors (Lipinski definition) is 7. The highest BCUT2D eigenvalue weighted by atomic mass is 31.2. The van der Waals surface area contributed by atoms with Gasteiger partial charge in [-0.2, -0.15) is 0 Å². The summed E-state index contributed by atoms with van der Waals surface area (Å²) in [6.45, 7) is 0. The maximum atomic E-state index is 8.88. The lowest BCUT2D eigenvalue weighted by atomic mass is 10.8. The molecule has 0 bridgehead atoms. The molecule has 11 heteroatoms. The van der Waals surface area contributed by atoms with Crippen molar-refractivity contribution in [1.82, 2.24) is 0 Å². The van der Waals surface area contributed by atoms with Gasteiger partial charge in [0, 0.05) is 0 Å². The molecule has 8 nitrogen and oxygen atoms in total. The highest BCUT2D eigenvalue weighted by Crippen LogP contribution is 2.25. The van der Waals surface area contributed by atoms with Crippen molar-refractivity contribution in [3.63, 3.8) is 0 Å². The van der Waals surface area contributed by atoms with Gasteiger partial charge in [-0.3, -0.25) is 0 Å². The second-order valence-electron chi connectivity index (χ2n) is 1.11. The average molecular weight is 208 g/mol. The highest BCUT2D eigenvalue weighted by molar-refractivity contribution is 7.45. The van der Waals surface area contributed by atoms with Crippen LogP contribution in [0, 0.1) is 0 Å². The minimum atomic E-state index is -4.64. The summed E-state index contributed by atoms with van der Waals surface area (Å²) in [5, 5.41) is 0. The Labute approximate surface area is 64.7 Å². The first-order chi connectivity index (χ1) is 4.00. The van der Waals surface area contributed by atoms with Crippen LogP contribution in [0.3, 0.4) is 0 Å². The molecule has 0 fully saturated rings. The highest BCUT2D eigenvalue weighted by Gasteiger charge is 2.22. The first-order valence-corrected chi connectivity index (χ1v) is 5.03. The second kappa shape index (κ2) is 5.83. The summed E-state index contributed by atoms with van der Waals surface area (Å²) in [5.41, 5.74) is 0. The van der Waals surface area contributed by atoms with Gasteiger partial charge in [-0.05, 0) is 0 Å². The predicted molar refractivity (Wildman–Crippen MR) is 38.8 cm³/mol. The van der Waals surface area contributed by atoms with Gasteiger partial charge in [0.15, 0.2) is 0 Å². The van der Waals surface area contributed by atoms with E-state index in [0.717, 1.165) is 0 Å². The first kappa shape index (κ1) is 17.4. The van der Waals surface area contributed by atoms with Crippen LogP contribution in [0.25, 0.3) is 0 Å². The van der Waals surface area contributed by atoms with Crippen molar-refractivity contribution in [2.75, 3.05) is 0 Å². The molecule has 0 aliphatic heterocycles. The van der Waals surface area contributed by atoms with Gasteiger partial charge in [0.2, 0.25) is 0 Å². The van der Waals surface area contributed by atoms with Crippen LogP contribution in [-0.2, 0) is 4.57 Å².